The van der Waals surface area contributed by atoms with Crippen molar-refractivity contribution < 1.29 is 22.3 Å². The van der Waals surface area contributed by atoms with Crippen molar-refractivity contribution in [2.45, 2.75) is 51.9 Å². The zero-order valence-corrected chi connectivity index (χ0v) is 19.6. The number of aromatic nitrogens is 5. The van der Waals surface area contributed by atoms with Crippen molar-refractivity contribution in [1.29, 1.82) is 0 Å². The van der Waals surface area contributed by atoms with E-state index in [1.807, 2.05) is 26.8 Å². The van der Waals surface area contributed by atoms with Gasteiger partial charge in [0.05, 0.1) is 17.3 Å². The second-order valence-corrected chi connectivity index (χ2v) is 9.61. The van der Waals surface area contributed by atoms with Crippen LogP contribution in [0.3, 0.4) is 0 Å². The summed E-state index contributed by atoms with van der Waals surface area (Å²) >= 11 is 0. The number of fused-ring (bicyclic) bond motifs is 2. The molecule has 0 amide bonds. The van der Waals surface area contributed by atoms with E-state index in [9.17, 15) is 17.6 Å². The summed E-state index contributed by atoms with van der Waals surface area (Å²) in [4.78, 5) is 6.70. The van der Waals surface area contributed by atoms with Gasteiger partial charge >= 0.3 is 12.2 Å². The van der Waals surface area contributed by atoms with Crippen molar-refractivity contribution in [2.24, 2.45) is 17.6 Å². The largest absolute Gasteiger partial charge is 0.424 e. The molecule has 188 valence electrons. The van der Waals surface area contributed by atoms with Gasteiger partial charge in [-0.1, -0.05) is 0 Å². The Balaban J connectivity index is 1.49. The van der Waals surface area contributed by atoms with Gasteiger partial charge in [-0.25, -0.2) is 9.07 Å². The predicted octanol–water partition coefficient (Wildman–Crippen LogP) is 4.48. The van der Waals surface area contributed by atoms with Crippen molar-refractivity contribution in [2.75, 3.05) is 18.0 Å². The van der Waals surface area contributed by atoms with Gasteiger partial charge in [0.25, 0.3) is 5.95 Å². The van der Waals surface area contributed by atoms with Crippen molar-refractivity contribution in [3.8, 4) is 17.7 Å². The molecular formula is C23H27F4N7O. The number of benzene rings is 1. The zero-order valence-electron chi connectivity index (χ0n) is 19.6. The van der Waals surface area contributed by atoms with Crippen molar-refractivity contribution >= 4 is 5.82 Å². The van der Waals surface area contributed by atoms with Crippen LogP contribution < -0.4 is 15.4 Å². The summed E-state index contributed by atoms with van der Waals surface area (Å²) in [5.41, 5.74) is 5.74. The molecule has 2 N–H and O–H groups in total. The molecule has 1 saturated heterocycles. The van der Waals surface area contributed by atoms with Crippen LogP contribution in [0.15, 0.2) is 24.3 Å². The molecule has 1 aromatic carbocycles. The number of hydrogen-bond acceptors (Lipinski definition) is 6. The van der Waals surface area contributed by atoms with Crippen LogP contribution in [0.2, 0.25) is 0 Å². The average Bonchev–Trinajstić information content (AvgIpc) is 3.41. The molecule has 2 bridgehead atoms. The maximum Gasteiger partial charge on any atom is 0.419 e. The van der Waals surface area contributed by atoms with Crippen LogP contribution in [0, 0.1) is 24.6 Å². The highest BCUT2D eigenvalue weighted by molar-refractivity contribution is 5.46. The number of aryl methyl sites for hydroxylation is 1. The summed E-state index contributed by atoms with van der Waals surface area (Å²) < 4.78 is 61.9. The summed E-state index contributed by atoms with van der Waals surface area (Å²) in [6.07, 6.45) is -2.64. The molecule has 3 aromatic rings. The fraction of sp³-hybridized carbons (Fsp3) is 0.522. The van der Waals surface area contributed by atoms with Gasteiger partial charge < -0.3 is 15.4 Å². The Morgan fingerprint density at radius 3 is 2.40 bits per heavy atom. The van der Waals surface area contributed by atoms with Gasteiger partial charge in [-0.2, -0.15) is 27.9 Å². The molecule has 2 aromatic heterocycles. The quantitative estimate of drug-likeness (QED) is 0.528. The monoisotopic (exact) mass is 493 g/mol. The number of ether oxygens (including phenoxy) is 1. The first-order valence-corrected chi connectivity index (χ1v) is 11.6. The topological polar surface area (TPSA) is 87.0 Å². The van der Waals surface area contributed by atoms with Gasteiger partial charge in [-0.05, 0) is 63.6 Å². The summed E-state index contributed by atoms with van der Waals surface area (Å²) in [7, 11) is 0. The first kappa shape index (κ1) is 23.6. The molecular weight excluding hydrogens is 466 g/mol. The molecule has 2 unspecified atom stereocenters. The Kier molecular flexibility index (Phi) is 5.73. The molecule has 0 spiro atoms. The first-order valence-electron chi connectivity index (χ1n) is 11.6. The average molecular weight is 494 g/mol. The molecule has 2 fully saturated rings. The van der Waals surface area contributed by atoms with Crippen LogP contribution in [-0.2, 0) is 6.18 Å². The first-order chi connectivity index (χ1) is 16.5. The van der Waals surface area contributed by atoms with E-state index in [2.05, 4.69) is 20.1 Å². The van der Waals surface area contributed by atoms with E-state index >= 15 is 0 Å². The van der Waals surface area contributed by atoms with Crippen molar-refractivity contribution in [3.63, 3.8) is 0 Å². The normalized spacial score (nSPS) is 22.3. The highest BCUT2D eigenvalue weighted by Crippen LogP contribution is 2.38. The van der Waals surface area contributed by atoms with Gasteiger partial charge in [-0.15, -0.1) is 5.10 Å². The van der Waals surface area contributed by atoms with E-state index in [4.69, 9.17) is 10.5 Å². The number of anilines is 1. The Hall–Kier alpha value is -3.15. The third-order valence-corrected chi connectivity index (χ3v) is 6.76. The van der Waals surface area contributed by atoms with Gasteiger partial charge in [0.2, 0.25) is 0 Å². The van der Waals surface area contributed by atoms with Crippen molar-refractivity contribution in [3.05, 3.63) is 41.3 Å². The number of alkyl halides is 3. The third-order valence-electron chi connectivity index (χ3n) is 6.76. The lowest BCUT2D eigenvalue weighted by atomic mass is 9.93. The molecule has 2 atom stereocenters. The zero-order chi connectivity index (χ0) is 25.1. The minimum absolute atomic E-state index is 0.0189. The van der Waals surface area contributed by atoms with Crippen molar-refractivity contribution in [1.82, 2.24) is 24.5 Å². The standard InChI is InChI=1S/C23H27F4N7O/c1-12(2)33-22(35-16-6-7-18(24)17(9-16)23(25,26)27)29-21(31-33)34-19(8-13(3)30-34)32-10-14-4-5-15(11-32)20(14)28/h6-9,12,14-15,20H,4-5,10-11,28H2,1-3H3. The lowest BCUT2D eigenvalue weighted by Gasteiger charge is -2.37. The SMILES string of the molecule is Cc1cc(N2CC3CCC(C2)C3N)n(-c2nc(Oc3ccc(F)c(C(F)(F)F)c3)n(C(C)C)n2)n1. The minimum Gasteiger partial charge on any atom is -0.424 e. The smallest absolute Gasteiger partial charge is 0.419 e. The summed E-state index contributed by atoms with van der Waals surface area (Å²) in [6, 6.07) is 4.40. The Morgan fingerprint density at radius 2 is 1.77 bits per heavy atom. The molecule has 1 aliphatic heterocycles. The van der Waals surface area contributed by atoms with Gasteiger partial charge in [-0.3, -0.25) is 0 Å². The molecule has 1 aliphatic carbocycles. The second kappa shape index (κ2) is 8.51. The van der Waals surface area contributed by atoms with Gasteiger partial charge in [0, 0.05) is 25.2 Å². The Labute approximate surface area is 199 Å². The molecule has 5 rings (SSSR count). The van der Waals surface area contributed by atoms with E-state index in [-0.39, 0.29) is 29.8 Å². The second-order valence-electron chi connectivity index (χ2n) is 9.61. The van der Waals surface area contributed by atoms with E-state index in [1.54, 1.807) is 4.68 Å². The Bertz CT molecular complexity index is 1220. The van der Waals surface area contributed by atoms with E-state index in [0.717, 1.165) is 49.6 Å². The highest BCUT2D eigenvalue weighted by atomic mass is 19.4. The number of nitrogens with two attached hydrogens (primary N) is 1. The van der Waals surface area contributed by atoms with Crippen LogP contribution in [0.1, 0.15) is 44.0 Å². The number of piperidine rings is 1. The molecule has 8 nitrogen and oxygen atoms in total. The fourth-order valence-corrected chi connectivity index (χ4v) is 4.99. The highest BCUT2D eigenvalue weighted by Gasteiger charge is 2.41. The van der Waals surface area contributed by atoms with Gasteiger partial charge in [0.1, 0.15) is 17.4 Å². The number of halogens is 4. The molecule has 35 heavy (non-hydrogen) atoms. The van der Waals surface area contributed by atoms with Crippen LogP contribution in [0.5, 0.6) is 11.8 Å². The lowest BCUT2D eigenvalue weighted by molar-refractivity contribution is -0.140. The maximum absolute atomic E-state index is 13.7. The summed E-state index contributed by atoms with van der Waals surface area (Å²) in [5, 5.41) is 9.11. The number of rotatable bonds is 5. The Morgan fingerprint density at radius 1 is 1.09 bits per heavy atom. The lowest BCUT2D eigenvalue weighted by Crippen LogP contribution is -2.49. The molecule has 0 radical (unpaired) electrons. The summed E-state index contributed by atoms with van der Waals surface area (Å²) in [5.74, 6) is 0.329. The molecule has 1 saturated carbocycles. The molecule has 2 aliphatic rings. The van der Waals surface area contributed by atoms with Crippen LogP contribution in [0.4, 0.5) is 23.4 Å². The van der Waals surface area contributed by atoms with E-state index < -0.39 is 17.6 Å². The molecule has 12 heteroatoms. The summed E-state index contributed by atoms with van der Waals surface area (Å²) in [6.45, 7) is 7.18. The number of nitrogens with zero attached hydrogens (tertiary/aromatic N) is 6. The van der Waals surface area contributed by atoms with E-state index in [1.165, 1.54) is 4.68 Å². The third kappa shape index (κ3) is 4.35. The van der Waals surface area contributed by atoms with Crippen LogP contribution >= 0.6 is 0 Å². The van der Waals surface area contributed by atoms with E-state index in [0.29, 0.717) is 17.9 Å². The number of hydrogen-bond donors (Lipinski definition) is 1. The van der Waals surface area contributed by atoms with Crippen LogP contribution in [0.25, 0.3) is 5.95 Å². The van der Waals surface area contributed by atoms with Gasteiger partial charge in [0.15, 0.2) is 0 Å². The van der Waals surface area contributed by atoms with Crippen LogP contribution in [-0.4, -0.2) is 43.7 Å². The fourth-order valence-electron chi connectivity index (χ4n) is 4.99. The minimum atomic E-state index is -4.85. The maximum atomic E-state index is 13.7. The molecule has 3 heterocycles. The predicted molar refractivity (Wildman–Crippen MR) is 120 cm³/mol.